The first-order valence-corrected chi connectivity index (χ1v) is 7.30. The van der Waals surface area contributed by atoms with Gasteiger partial charge in [-0.2, -0.15) is 0 Å². The molecule has 0 aliphatic carbocycles. The van der Waals surface area contributed by atoms with Gasteiger partial charge < -0.3 is 15.3 Å². The predicted molar refractivity (Wildman–Crippen MR) is 74.1 cm³/mol. The van der Waals surface area contributed by atoms with Gasteiger partial charge in [0.25, 0.3) is 0 Å². The van der Waals surface area contributed by atoms with Crippen molar-refractivity contribution in [1.29, 1.82) is 0 Å². The molecule has 0 radical (unpaired) electrons. The van der Waals surface area contributed by atoms with Gasteiger partial charge >= 0.3 is 12.0 Å². The Morgan fingerprint density at radius 3 is 2.84 bits per heavy atom. The van der Waals surface area contributed by atoms with E-state index in [0.29, 0.717) is 6.54 Å². The maximum atomic E-state index is 12.1. The molecule has 2 unspecified atom stereocenters. The number of carboxylic acid groups (broad SMARTS) is 1. The van der Waals surface area contributed by atoms with Gasteiger partial charge in [0.05, 0.1) is 0 Å². The number of nitrogens with one attached hydrogen (secondary N) is 1. The molecule has 0 aromatic carbocycles. The van der Waals surface area contributed by atoms with Gasteiger partial charge in [-0.3, -0.25) is 4.79 Å². The van der Waals surface area contributed by atoms with Crippen LogP contribution in [0.2, 0.25) is 0 Å². The quantitative estimate of drug-likeness (QED) is 0.779. The number of nitrogens with zero attached hydrogens (tertiary/aromatic N) is 1. The highest BCUT2D eigenvalue weighted by atomic mass is 16.4. The zero-order valence-electron chi connectivity index (χ0n) is 12.0. The minimum absolute atomic E-state index is 0.0429. The van der Waals surface area contributed by atoms with Crippen molar-refractivity contribution in [2.75, 3.05) is 13.1 Å². The van der Waals surface area contributed by atoms with Crippen molar-refractivity contribution >= 4 is 12.0 Å². The van der Waals surface area contributed by atoms with Gasteiger partial charge in [-0.1, -0.05) is 19.8 Å². The highest BCUT2D eigenvalue weighted by Crippen LogP contribution is 2.19. The number of carboxylic acids is 1. The fourth-order valence-corrected chi connectivity index (χ4v) is 2.55. The van der Waals surface area contributed by atoms with Crippen molar-refractivity contribution < 1.29 is 14.7 Å². The molecule has 0 aromatic heterocycles. The number of aliphatic carboxylic acids is 1. The van der Waals surface area contributed by atoms with Crippen molar-refractivity contribution in [3.63, 3.8) is 0 Å². The maximum Gasteiger partial charge on any atom is 0.317 e. The fourth-order valence-electron chi connectivity index (χ4n) is 2.55. The van der Waals surface area contributed by atoms with Crippen LogP contribution in [-0.2, 0) is 4.79 Å². The molecule has 0 bridgehead atoms. The number of carbonyl (C=O) groups excluding carboxylic acids is 1. The third kappa shape index (κ3) is 5.94. The summed E-state index contributed by atoms with van der Waals surface area (Å²) in [6.07, 6.45) is 5.20. The number of likely N-dealkylation sites (tertiary alicyclic amines) is 1. The van der Waals surface area contributed by atoms with E-state index in [1.165, 1.54) is 0 Å². The summed E-state index contributed by atoms with van der Waals surface area (Å²) >= 11 is 0. The van der Waals surface area contributed by atoms with E-state index in [2.05, 4.69) is 12.2 Å². The van der Waals surface area contributed by atoms with Crippen LogP contribution in [-0.4, -0.2) is 41.1 Å². The number of unbranched alkanes of at least 4 members (excludes halogenated alkanes) is 1. The molecule has 1 saturated heterocycles. The molecule has 1 heterocycles. The zero-order valence-corrected chi connectivity index (χ0v) is 12.0. The summed E-state index contributed by atoms with van der Waals surface area (Å²) in [4.78, 5) is 24.6. The summed E-state index contributed by atoms with van der Waals surface area (Å²) in [6.45, 7) is 5.46. The SMILES string of the molecule is CCCCC(C)NC(=O)N1CCCC(CC(=O)O)C1. The first-order chi connectivity index (χ1) is 9.02. The van der Waals surface area contributed by atoms with Crippen molar-refractivity contribution in [3.8, 4) is 0 Å². The summed E-state index contributed by atoms with van der Waals surface area (Å²) in [7, 11) is 0. The first-order valence-electron chi connectivity index (χ1n) is 7.30. The summed E-state index contributed by atoms with van der Waals surface area (Å²) in [5, 5.41) is 11.8. The Morgan fingerprint density at radius 2 is 2.21 bits per heavy atom. The van der Waals surface area contributed by atoms with Gasteiger partial charge in [0, 0.05) is 25.6 Å². The molecule has 0 spiro atoms. The van der Waals surface area contributed by atoms with Crippen LogP contribution in [0.4, 0.5) is 4.79 Å². The Kier molecular flexibility index (Phi) is 6.67. The predicted octanol–water partition coefficient (Wildman–Crippen LogP) is 2.46. The molecule has 0 saturated carbocycles. The van der Waals surface area contributed by atoms with E-state index in [9.17, 15) is 9.59 Å². The molecule has 1 fully saturated rings. The smallest absolute Gasteiger partial charge is 0.317 e. The first kappa shape index (κ1) is 15.8. The molecular formula is C14H26N2O3. The van der Waals surface area contributed by atoms with Crippen LogP contribution >= 0.6 is 0 Å². The summed E-state index contributed by atoms with van der Waals surface area (Å²) in [5.74, 6) is -0.675. The molecule has 5 heteroatoms. The van der Waals surface area contributed by atoms with Crippen molar-refractivity contribution in [2.45, 2.75) is 58.4 Å². The van der Waals surface area contributed by atoms with Crippen LogP contribution in [0.1, 0.15) is 52.4 Å². The zero-order chi connectivity index (χ0) is 14.3. The average molecular weight is 270 g/mol. The minimum Gasteiger partial charge on any atom is -0.481 e. The third-order valence-electron chi connectivity index (χ3n) is 3.63. The summed E-state index contributed by atoms with van der Waals surface area (Å²) in [5.41, 5.74) is 0. The molecule has 5 nitrogen and oxygen atoms in total. The average Bonchev–Trinajstić information content (AvgIpc) is 2.35. The Labute approximate surface area is 115 Å². The van der Waals surface area contributed by atoms with Crippen LogP contribution in [0.5, 0.6) is 0 Å². The summed E-state index contributed by atoms with van der Waals surface area (Å²) < 4.78 is 0. The minimum atomic E-state index is -0.774. The number of urea groups is 1. The van der Waals surface area contributed by atoms with E-state index < -0.39 is 5.97 Å². The molecule has 19 heavy (non-hydrogen) atoms. The Morgan fingerprint density at radius 1 is 1.47 bits per heavy atom. The second-order valence-corrected chi connectivity index (χ2v) is 5.54. The van der Waals surface area contributed by atoms with Gasteiger partial charge in [0.15, 0.2) is 0 Å². The third-order valence-corrected chi connectivity index (χ3v) is 3.63. The molecule has 2 N–H and O–H groups in total. The van der Waals surface area contributed by atoms with Crippen molar-refractivity contribution in [1.82, 2.24) is 10.2 Å². The van der Waals surface area contributed by atoms with E-state index in [0.717, 1.165) is 38.6 Å². The number of hydrogen-bond donors (Lipinski definition) is 2. The number of rotatable bonds is 6. The molecule has 1 rings (SSSR count). The largest absolute Gasteiger partial charge is 0.481 e. The maximum absolute atomic E-state index is 12.1. The molecular weight excluding hydrogens is 244 g/mol. The number of hydrogen-bond acceptors (Lipinski definition) is 2. The van der Waals surface area contributed by atoms with Gasteiger partial charge in [0.2, 0.25) is 0 Å². The Hall–Kier alpha value is -1.26. The molecule has 110 valence electrons. The van der Waals surface area contributed by atoms with E-state index >= 15 is 0 Å². The molecule has 2 amide bonds. The van der Waals surface area contributed by atoms with Crippen molar-refractivity contribution in [3.05, 3.63) is 0 Å². The Balaban J connectivity index is 2.37. The highest BCUT2D eigenvalue weighted by molar-refractivity contribution is 5.74. The lowest BCUT2D eigenvalue weighted by molar-refractivity contribution is -0.138. The summed E-state index contributed by atoms with van der Waals surface area (Å²) in [6, 6.07) is 0.144. The van der Waals surface area contributed by atoms with Gasteiger partial charge in [0.1, 0.15) is 0 Å². The van der Waals surface area contributed by atoms with Crippen LogP contribution in [0.3, 0.4) is 0 Å². The van der Waals surface area contributed by atoms with Crippen LogP contribution < -0.4 is 5.32 Å². The van der Waals surface area contributed by atoms with Gasteiger partial charge in [-0.05, 0) is 32.1 Å². The fraction of sp³-hybridized carbons (Fsp3) is 0.857. The second kappa shape index (κ2) is 8.02. The number of amides is 2. The van der Waals surface area contributed by atoms with Crippen molar-refractivity contribution in [2.24, 2.45) is 5.92 Å². The number of piperidine rings is 1. The highest BCUT2D eigenvalue weighted by Gasteiger charge is 2.25. The van der Waals surface area contributed by atoms with E-state index in [1.54, 1.807) is 4.90 Å². The molecule has 1 aliphatic rings. The van der Waals surface area contributed by atoms with E-state index in [4.69, 9.17) is 5.11 Å². The van der Waals surface area contributed by atoms with Crippen LogP contribution in [0.15, 0.2) is 0 Å². The second-order valence-electron chi connectivity index (χ2n) is 5.54. The molecule has 2 atom stereocenters. The lowest BCUT2D eigenvalue weighted by Gasteiger charge is -2.33. The molecule has 1 aliphatic heterocycles. The lowest BCUT2D eigenvalue weighted by Crippen LogP contribution is -2.48. The normalized spacial score (nSPS) is 20.9. The monoisotopic (exact) mass is 270 g/mol. The van der Waals surface area contributed by atoms with Crippen LogP contribution in [0.25, 0.3) is 0 Å². The van der Waals surface area contributed by atoms with Gasteiger partial charge in [-0.25, -0.2) is 4.79 Å². The Bertz CT molecular complexity index is 307. The van der Waals surface area contributed by atoms with Crippen LogP contribution in [0, 0.1) is 5.92 Å². The standard InChI is InChI=1S/C14H26N2O3/c1-3-4-6-11(2)15-14(19)16-8-5-7-12(10-16)9-13(17)18/h11-12H,3-10H2,1-2H3,(H,15,19)(H,17,18). The topological polar surface area (TPSA) is 69.6 Å². The number of carbonyl (C=O) groups is 2. The van der Waals surface area contributed by atoms with E-state index in [1.807, 2.05) is 6.92 Å². The molecule has 0 aromatic rings. The lowest BCUT2D eigenvalue weighted by atomic mass is 9.95. The van der Waals surface area contributed by atoms with Gasteiger partial charge in [-0.15, -0.1) is 0 Å². The van der Waals surface area contributed by atoms with E-state index in [-0.39, 0.29) is 24.4 Å².